The summed E-state index contributed by atoms with van der Waals surface area (Å²) in [6.45, 7) is 3.38. The molecule has 0 N–H and O–H groups in total. The number of fused-ring (bicyclic) bond motifs is 2. The first kappa shape index (κ1) is 17.6. The Bertz CT molecular complexity index is 833. The van der Waals surface area contributed by atoms with E-state index in [1.165, 1.54) is 10.4 Å². The molecule has 1 aromatic heterocycles. The fourth-order valence-corrected chi connectivity index (χ4v) is 5.75. The molecule has 1 unspecified atom stereocenters. The van der Waals surface area contributed by atoms with Gasteiger partial charge in [0.05, 0.1) is 17.5 Å². The molecule has 0 fully saturated rings. The molecule has 2 aromatic rings. The van der Waals surface area contributed by atoms with Crippen LogP contribution in [0.4, 0.5) is 5.69 Å². The number of hydrogen-bond acceptors (Lipinski definition) is 4. The molecule has 4 nitrogen and oxygen atoms in total. The highest BCUT2D eigenvalue weighted by Crippen LogP contribution is 2.37. The number of thioether (sulfide) groups is 1. The van der Waals surface area contributed by atoms with Gasteiger partial charge >= 0.3 is 0 Å². The van der Waals surface area contributed by atoms with Gasteiger partial charge in [-0.3, -0.25) is 9.59 Å². The normalized spacial score (nSPS) is 19.3. The molecule has 4 rings (SSSR count). The van der Waals surface area contributed by atoms with Gasteiger partial charge in [0, 0.05) is 29.3 Å². The van der Waals surface area contributed by atoms with Crippen LogP contribution >= 0.6 is 23.1 Å². The van der Waals surface area contributed by atoms with Crippen molar-refractivity contribution in [3.8, 4) is 0 Å². The Morgan fingerprint density at radius 1 is 1.27 bits per heavy atom. The van der Waals surface area contributed by atoms with Crippen molar-refractivity contribution < 1.29 is 9.59 Å². The van der Waals surface area contributed by atoms with Gasteiger partial charge in [-0.25, -0.2) is 0 Å². The van der Waals surface area contributed by atoms with Crippen molar-refractivity contribution in [3.05, 3.63) is 46.2 Å². The number of para-hydroxylation sites is 1. The van der Waals surface area contributed by atoms with Crippen molar-refractivity contribution in [2.24, 2.45) is 0 Å². The number of hydrogen-bond donors (Lipinski definition) is 0. The molecule has 136 valence electrons. The van der Waals surface area contributed by atoms with Gasteiger partial charge in [-0.1, -0.05) is 19.1 Å². The summed E-state index contributed by atoms with van der Waals surface area (Å²) in [6, 6.07) is 10.3. The van der Waals surface area contributed by atoms with Crippen LogP contribution in [0.15, 0.2) is 40.6 Å². The Morgan fingerprint density at radius 3 is 2.96 bits per heavy atom. The number of rotatable bonds is 4. The number of nitrogens with zero attached hydrogens (tertiary/aromatic N) is 2. The third kappa shape index (κ3) is 3.16. The third-order valence-electron chi connectivity index (χ3n) is 5.16. The summed E-state index contributed by atoms with van der Waals surface area (Å²) in [4.78, 5) is 31.7. The van der Waals surface area contributed by atoms with Crippen LogP contribution < -0.4 is 4.90 Å². The monoisotopic (exact) mass is 386 g/mol. The highest BCUT2D eigenvalue weighted by atomic mass is 32.2. The van der Waals surface area contributed by atoms with Gasteiger partial charge < -0.3 is 9.80 Å². The van der Waals surface area contributed by atoms with Gasteiger partial charge in [0.1, 0.15) is 0 Å². The third-order valence-corrected chi connectivity index (χ3v) is 7.20. The number of anilines is 1. The molecule has 2 aliphatic heterocycles. The molecule has 0 spiro atoms. The van der Waals surface area contributed by atoms with Crippen LogP contribution in [0.1, 0.15) is 36.2 Å². The Kier molecular flexibility index (Phi) is 5.05. The summed E-state index contributed by atoms with van der Waals surface area (Å²) in [7, 11) is 0. The van der Waals surface area contributed by atoms with Crippen LogP contribution in [0.3, 0.4) is 0 Å². The molecule has 0 saturated heterocycles. The van der Waals surface area contributed by atoms with E-state index in [0.717, 1.165) is 30.0 Å². The second kappa shape index (κ2) is 7.45. The van der Waals surface area contributed by atoms with Crippen LogP contribution in [-0.2, 0) is 16.0 Å². The fraction of sp³-hybridized carbons (Fsp3) is 0.400. The van der Waals surface area contributed by atoms with Crippen molar-refractivity contribution in [3.63, 3.8) is 0 Å². The molecule has 0 aliphatic carbocycles. The molecule has 1 aromatic carbocycles. The lowest BCUT2D eigenvalue weighted by molar-refractivity contribution is -0.134. The Labute approximate surface area is 162 Å². The maximum absolute atomic E-state index is 12.9. The maximum Gasteiger partial charge on any atom is 0.237 e. The second-order valence-electron chi connectivity index (χ2n) is 6.61. The Balaban J connectivity index is 1.47. The van der Waals surface area contributed by atoms with Crippen molar-refractivity contribution in [2.45, 2.75) is 37.1 Å². The molecule has 2 amide bonds. The average Bonchev–Trinajstić information content (AvgIpc) is 3.15. The number of carbonyl (C=O) groups is 2. The number of benzene rings is 1. The molecule has 26 heavy (non-hydrogen) atoms. The zero-order chi connectivity index (χ0) is 18.1. The van der Waals surface area contributed by atoms with E-state index in [1.807, 2.05) is 29.2 Å². The minimum absolute atomic E-state index is 0.0901. The second-order valence-corrected chi connectivity index (χ2v) is 8.63. The standard InChI is InChI=1S/C20H22N2O2S2/c1-2-15-14-9-12-25-17(14)7-10-21(15)19(23)8-11-22-16-5-3-4-6-18(16)26-13-20(22)24/h3-6,9,12,15H,2,7-8,10-11,13H2,1H3. The van der Waals surface area contributed by atoms with E-state index >= 15 is 0 Å². The molecule has 1 atom stereocenters. The average molecular weight is 387 g/mol. The highest BCUT2D eigenvalue weighted by Gasteiger charge is 2.31. The van der Waals surface area contributed by atoms with Crippen LogP contribution in [0.5, 0.6) is 0 Å². The number of thiophene rings is 1. The Hall–Kier alpha value is -1.79. The van der Waals surface area contributed by atoms with Crippen molar-refractivity contribution in [1.29, 1.82) is 0 Å². The molecule has 0 radical (unpaired) electrons. The van der Waals surface area contributed by atoms with Crippen LogP contribution in [0.2, 0.25) is 0 Å². The molecule has 6 heteroatoms. The lowest BCUT2D eigenvalue weighted by Crippen LogP contribution is -2.42. The van der Waals surface area contributed by atoms with Gasteiger partial charge in [-0.2, -0.15) is 0 Å². The minimum Gasteiger partial charge on any atom is -0.335 e. The first-order valence-corrected chi connectivity index (χ1v) is 10.9. The number of carbonyl (C=O) groups excluding carboxylic acids is 2. The lowest BCUT2D eigenvalue weighted by atomic mass is 9.97. The topological polar surface area (TPSA) is 40.6 Å². The van der Waals surface area contributed by atoms with E-state index in [9.17, 15) is 9.59 Å². The molecule has 2 aliphatic rings. The summed E-state index contributed by atoms with van der Waals surface area (Å²) < 4.78 is 0. The van der Waals surface area contributed by atoms with Crippen molar-refractivity contribution >= 4 is 40.6 Å². The van der Waals surface area contributed by atoms with Crippen LogP contribution in [0, 0.1) is 0 Å². The quantitative estimate of drug-likeness (QED) is 0.794. The number of amides is 2. The molecular formula is C20H22N2O2S2. The van der Waals surface area contributed by atoms with E-state index in [1.54, 1.807) is 28.0 Å². The molecular weight excluding hydrogens is 364 g/mol. The van der Waals surface area contributed by atoms with Gasteiger partial charge in [-0.05, 0) is 42.0 Å². The van der Waals surface area contributed by atoms with Gasteiger partial charge in [0.2, 0.25) is 11.8 Å². The summed E-state index contributed by atoms with van der Waals surface area (Å²) in [5.74, 6) is 0.689. The molecule has 0 saturated carbocycles. The van der Waals surface area contributed by atoms with E-state index in [-0.39, 0.29) is 17.9 Å². The van der Waals surface area contributed by atoms with Gasteiger partial charge in [-0.15, -0.1) is 23.1 Å². The molecule has 3 heterocycles. The Morgan fingerprint density at radius 2 is 2.12 bits per heavy atom. The van der Waals surface area contributed by atoms with E-state index < -0.39 is 0 Å². The summed E-state index contributed by atoms with van der Waals surface area (Å²) in [5, 5.41) is 2.13. The summed E-state index contributed by atoms with van der Waals surface area (Å²) in [6.07, 6.45) is 2.25. The zero-order valence-corrected chi connectivity index (χ0v) is 16.4. The largest absolute Gasteiger partial charge is 0.335 e. The summed E-state index contributed by atoms with van der Waals surface area (Å²) >= 11 is 3.37. The van der Waals surface area contributed by atoms with E-state index in [4.69, 9.17) is 0 Å². The summed E-state index contributed by atoms with van der Waals surface area (Å²) in [5.41, 5.74) is 2.25. The van der Waals surface area contributed by atoms with Crippen LogP contribution in [-0.4, -0.2) is 35.6 Å². The van der Waals surface area contributed by atoms with E-state index in [2.05, 4.69) is 18.4 Å². The lowest BCUT2D eigenvalue weighted by Gasteiger charge is -2.36. The predicted octanol–water partition coefficient (Wildman–Crippen LogP) is 4.11. The minimum atomic E-state index is 0.0901. The zero-order valence-electron chi connectivity index (χ0n) is 14.8. The predicted molar refractivity (Wildman–Crippen MR) is 107 cm³/mol. The van der Waals surface area contributed by atoms with Crippen LogP contribution in [0.25, 0.3) is 0 Å². The van der Waals surface area contributed by atoms with Crippen molar-refractivity contribution in [2.75, 3.05) is 23.7 Å². The first-order valence-electron chi connectivity index (χ1n) is 9.07. The van der Waals surface area contributed by atoms with Gasteiger partial charge in [0.15, 0.2) is 0 Å². The van der Waals surface area contributed by atoms with E-state index in [0.29, 0.717) is 18.7 Å². The molecule has 0 bridgehead atoms. The fourth-order valence-electron chi connectivity index (χ4n) is 3.89. The maximum atomic E-state index is 12.9. The SMILES string of the molecule is CCC1c2ccsc2CCN1C(=O)CCN1C(=O)CSc2ccccc21. The smallest absolute Gasteiger partial charge is 0.237 e. The first-order chi connectivity index (χ1) is 12.7. The van der Waals surface area contributed by atoms with Crippen molar-refractivity contribution in [1.82, 2.24) is 4.90 Å². The van der Waals surface area contributed by atoms with Gasteiger partial charge in [0.25, 0.3) is 0 Å². The highest BCUT2D eigenvalue weighted by molar-refractivity contribution is 8.00.